The van der Waals surface area contributed by atoms with E-state index in [0.29, 0.717) is 12.1 Å². The van der Waals surface area contributed by atoms with Gasteiger partial charge in [-0.25, -0.2) is 0 Å². The van der Waals surface area contributed by atoms with E-state index in [9.17, 15) is 0 Å². The second-order valence-electron chi connectivity index (χ2n) is 8.50. The lowest BCUT2D eigenvalue weighted by molar-refractivity contribution is 0.0960. The van der Waals surface area contributed by atoms with E-state index in [1.54, 1.807) is 0 Å². The molecule has 0 aliphatic carbocycles. The zero-order chi connectivity index (χ0) is 20.9. The molecule has 28 heavy (non-hydrogen) atoms. The van der Waals surface area contributed by atoms with Gasteiger partial charge in [-0.05, 0) is 33.7 Å². The van der Waals surface area contributed by atoms with E-state index in [4.69, 9.17) is 22.9 Å². The van der Waals surface area contributed by atoms with Crippen molar-refractivity contribution >= 4 is 0 Å². The van der Waals surface area contributed by atoms with Crippen molar-refractivity contribution in [3.63, 3.8) is 0 Å². The molecule has 3 atom stereocenters. The first kappa shape index (κ1) is 25.7. The average Bonchev–Trinajstić information content (AvgIpc) is 2.68. The third-order valence-electron chi connectivity index (χ3n) is 6.00. The van der Waals surface area contributed by atoms with Crippen molar-refractivity contribution in [2.75, 3.05) is 85.1 Å². The molecule has 2 aliphatic heterocycles. The van der Waals surface area contributed by atoms with Gasteiger partial charge in [-0.1, -0.05) is 0 Å². The minimum Gasteiger partial charge on any atom is -0.329 e. The molecule has 2 heterocycles. The molecule has 8 heteroatoms. The molecule has 0 amide bonds. The lowest BCUT2D eigenvalue weighted by Crippen LogP contribution is -2.54. The smallest absolute Gasteiger partial charge is 0.0217 e. The Morgan fingerprint density at radius 3 is 1.39 bits per heavy atom. The summed E-state index contributed by atoms with van der Waals surface area (Å²) in [6.45, 7) is 20.3. The lowest BCUT2D eigenvalue weighted by atomic mass is 10.1. The first-order chi connectivity index (χ1) is 13.4. The molecule has 0 radical (unpaired) electrons. The molecule has 3 unspecified atom stereocenters. The Morgan fingerprint density at radius 1 is 0.643 bits per heavy atom. The first-order valence-corrected chi connectivity index (χ1v) is 11.2. The molecular weight excluding hydrogens is 352 g/mol. The van der Waals surface area contributed by atoms with Crippen LogP contribution in [0.3, 0.4) is 0 Å². The molecule has 2 saturated heterocycles. The number of hydrogen-bond acceptors (Lipinski definition) is 8. The minimum absolute atomic E-state index is 0.260. The average molecular weight is 401 g/mol. The Morgan fingerprint density at radius 2 is 1.04 bits per heavy atom. The summed E-state index contributed by atoms with van der Waals surface area (Å²) >= 11 is 0. The monoisotopic (exact) mass is 400 g/mol. The summed E-state index contributed by atoms with van der Waals surface area (Å²) < 4.78 is 0. The Hall–Kier alpha value is -0.320. The van der Waals surface area contributed by atoms with Crippen molar-refractivity contribution in [1.82, 2.24) is 19.6 Å². The van der Waals surface area contributed by atoms with Crippen molar-refractivity contribution in [2.24, 2.45) is 22.9 Å². The van der Waals surface area contributed by atoms with E-state index in [-0.39, 0.29) is 6.04 Å². The van der Waals surface area contributed by atoms with Crippen LogP contribution in [0.4, 0.5) is 0 Å². The summed E-state index contributed by atoms with van der Waals surface area (Å²) in [5.74, 6) is 0. The second kappa shape index (κ2) is 14.6. The predicted molar refractivity (Wildman–Crippen MR) is 120 cm³/mol. The molecule has 168 valence electrons. The highest BCUT2D eigenvalue weighted by atomic mass is 15.3. The van der Waals surface area contributed by atoms with Gasteiger partial charge in [0.2, 0.25) is 0 Å². The molecule has 0 aromatic carbocycles. The maximum atomic E-state index is 5.88. The molecule has 0 aromatic rings. The summed E-state index contributed by atoms with van der Waals surface area (Å²) in [5, 5.41) is 0. The second-order valence-corrected chi connectivity index (χ2v) is 8.50. The fourth-order valence-corrected chi connectivity index (χ4v) is 3.71. The quantitative estimate of drug-likeness (QED) is 0.373. The summed E-state index contributed by atoms with van der Waals surface area (Å²) in [5.41, 5.74) is 22.7. The predicted octanol–water partition coefficient (Wildman–Crippen LogP) is -1.40. The zero-order valence-corrected chi connectivity index (χ0v) is 18.7. The molecule has 0 bridgehead atoms. The van der Waals surface area contributed by atoms with E-state index < -0.39 is 0 Å². The van der Waals surface area contributed by atoms with Crippen LogP contribution in [0.15, 0.2) is 0 Å². The third-order valence-corrected chi connectivity index (χ3v) is 6.00. The van der Waals surface area contributed by atoms with Gasteiger partial charge in [0.1, 0.15) is 0 Å². The largest absolute Gasteiger partial charge is 0.329 e. The topological polar surface area (TPSA) is 117 Å². The van der Waals surface area contributed by atoms with E-state index in [2.05, 4.69) is 40.4 Å². The molecule has 0 saturated carbocycles. The van der Waals surface area contributed by atoms with Crippen LogP contribution in [0.5, 0.6) is 0 Å². The number of piperazine rings is 2. The highest BCUT2D eigenvalue weighted by Crippen LogP contribution is 2.07. The molecule has 2 aliphatic rings. The number of nitrogens with zero attached hydrogens (tertiary/aromatic N) is 4. The van der Waals surface area contributed by atoms with Crippen molar-refractivity contribution < 1.29 is 0 Å². The number of nitrogens with two attached hydrogens (primary N) is 4. The fraction of sp³-hybridized carbons (Fsp3) is 1.00. The van der Waals surface area contributed by atoms with Crippen LogP contribution >= 0.6 is 0 Å². The maximum Gasteiger partial charge on any atom is 0.0217 e. The lowest BCUT2D eigenvalue weighted by Gasteiger charge is -2.39. The van der Waals surface area contributed by atoms with Gasteiger partial charge < -0.3 is 27.8 Å². The molecule has 0 aromatic heterocycles. The van der Waals surface area contributed by atoms with Gasteiger partial charge >= 0.3 is 0 Å². The van der Waals surface area contributed by atoms with Crippen LogP contribution in [-0.4, -0.2) is 123 Å². The van der Waals surface area contributed by atoms with Gasteiger partial charge in [-0.15, -0.1) is 0 Å². The summed E-state index contributed by atoms with van der Waals surface area (Å²) in [7, 11) is 0. The van der Waals surface area contributed by atoms with Crippen LogP contribution in [0, 0.1) is 0 Å². The molecule has 8 N–H and O–H groups in total. The summed E-state index contributed by atoms with van der Waals surface area (Å²) in [6, 6.07) is 1.09. The van der Waals surface area contributed by atoms with Crippen molar-refractivity contribution in [2.45, 2.75) is 45.3 Å². The van der Waals surface area contributed by atoms with E-state index in [1.807, 2.05) is 0 Å². The Balaban J connectivity index is 0.000000280. The Kier molecular flexibility index (Phi) is 13.4. The maximum absolute atomic E-state index is 5.88. The van der Waals surface area contributed by atoms with Gasteiger partial charge in [0, 0.05) is 96.7 Å². The first-order valence-electron chi connectivity index (χ1n) is 11.2. The van der Waals surface area contributed by atoms with Gasteiger partial charge in [-0.3, -0.25) is 14.7 Å². The molecular formula is C20H48N8. The highest BCUT2D eigenvalue weighted by molar-refractivity contribution is 4.80. The Labute approximate surface area is 173 Å². The number of hydrogen-bond donors (Lipinski definition) is 4. The fourth-order valence-electron chi connectivity index (χ4n) is 3.71. The molecule has 0 spiro atoms. The normalized spacial score (nSPS) is 23.7. The summed E-state index contributed by atoms with van der Waals surface area (Å²) in [4.78, 5) is 9.82. The third kappa shape index (κ3) is 10.5. The minimum atomic E-state index is 0.260. The van der Waals surface area contributed by atoms with Crippen LogP contribution in [0.25, 0.3) is 0 Å². The number of rotatable bonds is 9. The van der Waals surface area contributed by atoms with Crippen molar-refractivity contribution in [1.29, 1.82) is 0 Å². The highest BCUT2D eigenvalue weighted by Gasteiger charge is 2.22. The molecule has 2 rings (SSSR count). The van der Waals surface area contributed by atoms with Gasteiger partial charge in [0.25, 0.3) is 0 Å². The van der Waals surface area contributed by atoms with E-state index in [1.165, 1.54) is 13.1 Å². The SMILES string of the molecule is CC(N)C(C)N1CCN(CCN)CC1.CC(N)CCN1CCN(CCN)CC1. The van der Waals surface area contributed by atoms with Crippen LogP contribution in [0.2, 0.25) is 0 Å². The van der Waals surface area contributed by atoms with Crippen molar-refractivity contribution in [3.8, 4) is 0 Å². The summed E-state index contributed by atoms with van der Waals surface area (Å²) in [6.07, 6.45) is 1.11. The van der Waals surface area contributed by atoms with Gasteiger partial charge in [0.05, 0.1) is 0 Å². The van der Waals surface area contributed by atoms with Crippen molar-refractivity contribution in [3.05, 3.63) is 0 Å². The van der Waals surface area contributed by atoms with Gasteiger partial charge in [0.15, 0.2) is 0 Å². The van der Waals surface area contributed by atoms with E-state index in [0.717, 1.165) is 78.4 Å². The van der Waals surface area contributed by atoms with Gasteiger partial charge in [-0.2, -0.15) is 0 Å². The standard InChI is InChI=1S/2C10H24N4/c1-9(12)10(2)14-7-5-13(4-3-11)6-8-14;1-10(12)2-4-13-6-8-14(5-3-11)9-7-13/h9-10H,3-8,11-12H2,1-2H3;10H,2-9,11-12H2,1H3. The Bertz CT molecular complexity index is 363. The van der Waals surface area contributed by atoms with Crippen LogP contribution in [-0.2, 0) is 0 Å². The molecule has 2 fully saturated rings. The molecule has 8 nitrogen and oxygen atoms in total. The van der Waals surface area contributed by atoms with Crippen LogP contribution in [0.1, 0.15) is 27.2 Å². The zero-order valence-electron chi connectivity index (χ0n) is 18.7. The van der Waals surface area contributed by atoms with E-state index >= 15 is 0 Å². The van der Waals surface area contributed by atoms with Crippen LogP contribution < -0.4 is 22.9 Å².